The van der Waals surface area contributed by atoms with Crippen molar-refractivity contribution >= 4 is 17.5 Å². The highest BCUT2D eigenvalue weighted by Crippen LogP contribution is 2.26. The molecule has 0 spiro atoms. The summed E-state index contributed by atoms with van der Waals surface area (Å²) in [6, 6.07) is 6.15. The van der Waals surface area contributed by atoms with Crippen LogP contribution >= 0.6 is 0 Å². The lowest BCUT2D eigenvalue weighted by atomic mass is 10.0. The largest absolute Gasteiger partial charge is 0.492 e. The van der Waals surface area contributed by atoms with Crippen molar-refractivity contribution in [2.45, 2.75) is 26.8 Å². The van der Waals surface area contributed by atoms with Crippen molar-refractivity contribution in [3.8, 4) is 5.75 Å². The Morgan fingerprint density at radius 3 is 2.64 bits per heavy atom. The third-order valence-electron chi connectivity index (χ3n) is 3.48. The van der Waals surface area contributed by atoms with Crippen LogP contribution in [0.25, 0.3) is 0 Å². The Labute approximate surface area is 145 Å². The number of rotatable bonds is 7. The molecule has 7 heteroatoms. The number of hydrogen-bond donors (Lipinski definition) is 2. The van der Waals surface area contributed by atoms with E-state index in [0.717, 1.165) is 0 Å². The fourth-order valence-electron chi connectivity index (χ4n) is 2.24. The van der Waals surface area contributed by atoms with Gasteiger partial charge in [0.25, 0.3) is 5.91 Å². The van der Waals surface area contributed by atoms with Gasteiger partial charge in [-0.05, 0) is 37.1 Å². The summed E-state index contributed by atoms with van der Waals surface area (Å²) in [4.78, 5) is 24.7. The third-order valence-corrected chi connectivity index (χ3v) is 3.48. The van der Waals surface area contributed by atoms with Crippen LogP contribution in [0.15, 0.2) is 41.0 Å². The molecule has 0 aliphatic carbocycles. The number of furan rings is 1. The minimum absolute atomic E-state index is 0.121. The second-order valence-electron chi connectivity index (χ2n) is 5.74. The standard InChI is InChI=1S/C18H21FN2O4/c1-4-24-15-10-12(19)7-8-13(15)20-18(23)16(11(2)3)21-17(22)14-6-5-9-25-14/h5-11,16H,4H2,1-3H3,(H,20,23)(H,21,22). The van der Waals surface area contributed by atoms with Gasteiger partial charge in [0.05, 0.1) is 18.6 Å². The second kappa shape index (κ2) is 8.32. The van der Waals surface area contributed by atoms with Gasteiger partial charge in [0.2, 0.25) is 5.91 Å². The average Bonchev–Trinajstić information content (AvgIpc) is 3.09. The van der Waals surface area contributed by atoms with Gasteiger partial charge in [0.15, 0.2) is 5.76 Å². The minimum atomic E-state index is -0.794. The van der Waals surface area contributed by atoms with Gasteiger partial charge in [-0.2, -0.15) is 0 Å². The first kappa shape index (κ1) is 18.5. The number of benzene rings is 1. The van der Waals surface area contributed by atoms with Crippen LogP contribution in [0.4, 0.5) is 10.1 Å². The van der Waals surface area contributed by atoms with Crippen LogP contribution in [0.5, 0.6) is 5.75 Å². The molecule has 1 aromatic heterocycles. The van der Waals surface area contributed by atoms with E-state index >= 15 is 0 Å². The molecule has 2 rings (SSSR count). The lowest BCUT2D eigenvalue weighted by Crippen LogP contribution is -2.47. The molecular formula is C18H21FN2O4. The molecule has 0 fully saturated rings. The first-order valence-corrected chi connectivity index (χ1v) is 8.00. The first-order valence-electron chi connectivity index (χ1n) is 8.00. The van der Waals surface area contributed by atoms with E-state index in [1.807, 2.05) is 0 Å². The van der Waals surface area contributed by atoms with E-state index in [-0.39, 0.29) is 17.4 Å². The molecule has 25 heavy (non-hydrogen) atoms. The minimum Gasteiger partial charge on any atom is -0.492 e. The van der Waals surface area contributed by atoms with Crippen LogP contribution in [0.2, 0.25) is 0 Å². The summed E-state index contributed by atoms with van der Waals surface area (Å²) in [6.45, 7) is 5.70. The smallest absolute Gasteiger partial charge is 0.287 e. The Hall–Kier alpha value is -2.83. The van der Waals surface area contributed by atoms with E-state index in [1.54, 1.807) is 26.8 Å². The van der Waals surface area contributed by atoms with Gasteiger partial charge in [0, 0.05) is 6.07 Å². The number of anilines is 1. The SMILES string of the molecule is CCOc1cc(F)ccc1NC(=O)C(NC(=O)c1ccco1)C(C)C. The molecule has 0 saturated heterocycles. The van der Waals surface area contributed by atoms with Crippen molar-refractivity contribution < 1.29 is 23.1 Å². The van der Waals surface area contributed by atoms with Crippen LogP contribution < -0.4 is 15.4 Å². The number of amides is 2. The summed E-state index contributed by atoms with van der Waals surface area (Å²) < 4.78 is 23.7. The topological polar surface area (TPSA) is 80.6 Å². The van der Waals surface area contributed by atoms with E-state index in [2.05, 4.69) is 10.6 Å². The Kier molecular flexibility index (Phi) is 6.16. The summed E-state index contributed by atoms with van der Waals surface area (Å²) in [7, 11) is 0. The van der Waals surface area contributed by atoms with Crippen molar-refractivity contribution in [2.75, 3.05) is 11.9 Å². The highest BCUT2D eigenvalue weighted by atomic mass is 19.1. The molecule has 2 N–H and O–H groups in total. The van der Waals surface area contributed by atoms with E-state index < -0.39 is 23.7 Å². The van der Waals surface area contributed by atoms with Crippen molar-refractivity contribution in [1.29, 1.82) is 0 Å². The van der Waals surface area contributed by atoms with Gasteiger partial charge in [-0.3, -0.25) is 9.59 Å². The number of hydrogen-bond acceptors (Lipinski definition) is 4. The van der Waals surface area contributed by atoms with Gasteiger partial charge < -0.3 is 19.8 Å². The predicted octanol–water partition coefficient (Wildman–Crippen LogP) is 3.21. The molecule has 2 aromatic rings. The molecular weight excluding hydrogens is 327 g/mol. The number of nitrogens with one attached hydrogen (secondary N) is 2. The van der Waals surface area contributed by atoms with Crippen molar-refractivity contribution in [3.05, 3.63) is 48.2 Å². The molecule has 6 nitrogen and oxygen atoms in total. The van der Waals surface area contributed by atoms with E-state index in [0.29, 0.717) is 12.3 Å². The summed E-state index contributed by atoms with van der Waals surface area (Å²) in [5, 5.41) is 5.32. The summed E-state index contributed by atoms with van der Waals surface area (Å²) in [6.07, 6.45) is 1.38. The van der Waals surface area contributed by atoms with Crippen LogP contribution in [0.3, 0.4) is 0 Å². The molecule has 0 saturated carbocycles. The van der Waals surface area contributed by atoms with Crippen LogP contribution in [-0.2, 0) is 4.79 Å². The average molecular weight is 348 g/mol. The Bertz CT molecular complexity index is 729. The molecule has 2 amide bonds. The maximum absolute atomic E-state index is 13.4. The van der Waals surface area contributed by atoms with E-state index in [9.17, 15) is 14.0 Å². The normalized spacial score (nSPS) is 11.9. The highest BCUT2D eigenvalue weighted by molar-refractivity contribution is 6.00. The van der Waals surface area contributed by atoms with Crippen LogP contribution in [0.1, 0.15) is 31.3 Å². The maximum Gasteiger partial charge on any atom is 0.287 e. The highest BCUT2D eigenvalue weighted by Gasteiger charge is 2.26. The number of ether oxygens (including phenoxy) is 1. The molecule has 0 aliphatic rings. The van der Waals surface area contributed by atoms with Gasteiger partial charge in [-0.25, -0.2) is 4.39 Å². The van der Waals surface area contributed by atoms with Gasteiger partial charge in [-0.1, -0.05) is 13.8 Å². The summed E-state index contributed by atoms with van der Waals surface area (Å²) in [5.74, 6) is -1.20. The number of halogens is 1. The summed E-state index contributed by atoms with van der Waals surface area (Å²) >= 11 is 0. The third kappa shape index (κ3) is 4.82. The fourth-order valence-corrected chi connectivity index (χ4v) is 2.24. The molecule has 0 aliphatic heterocycles. The van der Waals surface area contributed by atoms with Crippen molar-refractivity contribution in [1.82, 2.24) is 5.32 Å². The monoisotopic (exact) mass is 348 g/mol. The van der Waals surface area contributed by atoms with E-state index in [1.165, 1.54) is 30.5 Å². The van der Waals surface area contributed by atoms with Crippen LogP contribution in [-0.4, -0.2) is 24.5 Å². The molecule has 134 valence electrons. The summed E-state index contributed by atoms with van der Waals surface area (Å²) in [5.41, 5.74) is 0.339. The fraction of sp³-hybridized carbons (Fsp3) is 0.333. The zero-order valence-corrected chi connectivity index (χ0v) is 14.3. The molecule has 0 radical (unpaired) electrons. The van der Waals surface area contributed by atoms with Gasteiger partial charge in [-0.15, -0.1) is 0 Å². The van der Waals surface area contributed by atoms with Gasteiger partial charge >= 0.3 is 0 Å². The van der Waals surface area contributed by atoms with E-state index in [4.69, 9.17) is 9.15 Å². The second-order valence-corrected chi connectivity index (χ2v) is 5.74. The van der Waals surface area contributed by atoms with Crippen molar-refractivity contribution in [2.24, 2.45) is 5.92 Å². The predicted molar refractivity (Wildman–Crippen MR) is 91.0 cm³/mol. The zero-order chi connectivity index (χ0) is 18.4. The van der Waals surface area contributed by atoms with Gasteiger partial charge in [0.1, 0.15) is 17.6 Å². The quantitative estimate of drug-likeness (QED) is 0.805. The lowest BCUT2D eigenvalue weighted by molar-refractivity contribution is -0.118. The molecule has 1 atom stereocenters. The first-order chi connectivity index (χ1) is 11.9. The molecule has 1 heterocycles. The van der Waals surface area contributed by atoms with Crippen LogP contribution in [0, 0.1) is 11.7 Å². The Balaban J connectivity index is 2.14. The lowest BCUT2D eigenvalue weighted by Gasteiger charge is -2.22. The number of carbonyl (C=O) groups excluding carboxylic acids is 2. The Morgan fingerprint density at radius 2 is 2.04 bits per heavy atom. The van der Waals surface area contributed by atoms with Crippen molar-refractivity contribution in [3.63, 3.8) is 0 Å². The molecule has 1 aromatic carbocycles. The maximum atomic E-state index is 13.4. The Morgan fingerprint density at radius 1 is 1.28 bits per heavy atom. The molecule has 1 unspecified atom stereocenters. The molecule has 0 bridgehead atoms. The zero-order valence-electron chi connectivity index (χ0n) is 14.3. The number of carbonyl (C=O) groups is 2.